The van der Waals surface area contributed by atoms with Gasteiger partial charge in [-0.1, -0.05) is 41.6 Å². The van der Waals surface area contributed by atoms with Gasteiger partial charge < -0.3 is 9.26 Å². The van der Waals surface area contributed by atoms with Crippen molar-refractivity contribution < 1.29 is 14.1 Å². The Morgan fingerprint density at radius 1 is 1.25 bits per heavy atom. The molecule has 0 saturated heterocycles. The number of hydrogen-bond donors (Lipinski definition) is 0. The molecule has 4 rings (SSSR count). The molecule has 0 bridgehead atoms. The number of esters is 1. The van der Waals surface area contributed by atoms with Crippen molar-refractivity contribution in [3.05, 3.63) is 70.2 Å². The van der Waals surface area contributed by atoms with Gasteiger partial charge in [0, 0.05) is 16.5 Å². The summed E-state index contributed by atoms with van der Waals surface area (Å²) in [6.45, 7) is 1.76. The van der Waals surface area contributed by atoms with Gasteiger partial charge in [-0.15, -0.1) is 16.4 Å². The fraction of sp³-hybridized carbons (Fsp3) is 0.105. The van der Waals surface area contributed by atoms with Gasteiger partial charge in [-0.05, 0) is 34.9 Å². The maximum absolute atomic E-state index is 12.9. The van der Waals surface area contributed by atoms with Gasteiger partial charge in [0.25, 0.3) is 0 Å². The van der Waals surface area contributed by atoms with Gasteiger partial charge in [0.15, 0.2) is 11.5 Å². The summed E-state index contributed by atoms with van der Waals surface area (Å²) in [4.78, 5) is 13.7. The van der Waals surface area contributed by atoms with Crippen molar-refractivity contribution >= 4 is 29.1 Å². The van der Waals surface area contributed by atoms with Crippen LogP contribution in [0.25, 0.3) is 23.2 Å². The van der Waals surface area contributed by atoms with E-state index in [0.29, 0.717) is 17.3 Å². The average Bonchev–Trinajstić information content (AvgIpc) is 3.47. The molecule has 0 aliphatic carbocycles. The summed E-state index contributed by atoms with van der Waals surface area (Å²) in [5.74, 6) is 0.517. The first-order valence-electron chi connectivity index (χ1n) is 8.39. The van der Waals surface area contributed by atoms with Crippen LogP contribution < -0.4 is 0 Å². The largest absolute Gasteiger partial charge is 0.454 e. The molecular formula is C19H15N5O3S. The molecule has 0 fully saturated rings. The molecule has 0 spiro atoms. The second kappa shape index (κ2) is 7.97. The van der Waals surface area contributed by atoms with Crippen LogP contribution in [-0.2, 0) is 16.1 Å². The number of carbonyl (C=O) groups is 1. The van der Waals surface area contributed by atoms with E-state index < -0.39 is 5.97 Å². The zero-order valence-corrected chi connectivity index (χ0v) is 15.7. The molecule has 0 aliphatic rings. The number of rotatable bonds is 6. The van der Waals surface area contributed by atoms with E-state index in [1.54, 1.807) is 19.1 Å². The molecule has 0 unspecified atom stereocenters. The van der Waals surface area contributed by atoms with E-state index in [-0.39, 0.29) is 12.3 Å². The van der Waals surface area contributed by atoms with Crippen molar-refractivity contribution in [2.45, 2.75) is 13.5 Å². The summed E-state index contributed by atoms with van der Waals surface area (Å²) in [6.07, 6.45) is 1.70. The van der Waals surface area contributed by atoms with Gasteiger partial charge in [0.05, 0.1) is 0 Å². The first-order chi connectivity index (χ1) is 13.7. The lowest BCUT2D eigenvalue weighted by Crippen LogP contribution is -2.15. The average molecular weight is 393 g/mol. The molecule has 3 heterocycles. The van der Waals surface area contributed by atoms with E-state index in [1.165, 1.54) is 16.0 Å². The fourth-order valence-corrected chi connectivity index (χ4v) is 3.18. The van der Waals surface area contributed by atoms with Crippen LogP contribution in [0.5, 0.6) is 0 Å². The molecule has 140 valence electrons. The number of hydrogen-bond acceptors (Lipinski definition) is 8. The van der Waals surface area contributed by atoms with Crippen LogP contribution in [0.15, 0.2) is 58.4 Å². The fourth-order valence-electron chi connectivity index (χ4n) is 2.53. The topological polar surface area (TPSA) is 95.9 Å². The lowest BCUT2D eigenvalue weighted by Gasteiger charge is -2.09. The van der Waals surface area contributed by atoms with Crippen LogP contribution in [0.1, 0.15) is 16.3 Å². The minimum atomic E-state index is -0.571. The Kier molecular flexibility index (Phi) is 5.07. The van der Waals surface area contributed by atoms with Gasteiger partial charge in [0.1, 0.15) is 18.1 Å². The first kappa shape index (κ1) is 17.8. The zero-order chi connectivity index (χ0) is 19.3. The maximum Gasteiger partial charge on any atom is 0.357 e. The summed E-state index contributed by atoms with van der Waals surface area (Å²) in [7, 11) is 0. The first-order valence-corrected chi connectivity index (χ1v) is 9.27. The SMILES string of the molecule is Cc1cc(COC(=O)/C(=C/c2cccs2)n2nnnc2-c2ccccc2)no1. The normalized spacial score (nSPS) is 11.5. The number of aryl methyl sites for hydroxylation is 1. The highest BCUT2D eigenvalue weighted by Crippen LogP contribution is 2.23. The lowest BCUT2D eigenvalue weighted by atomic mass is 10.2. The van der Waals surface area contributed by atoms with E-state index in [2.05, 4.69) is 20.7 Å². The number of nitrogens with zero attached hydrogens (tertiary/aromatic N) is 5. The van der Waals surface area contributed by atoms with Crippen LogP contribution in [0.2, 0.25) is 0 Å². The van der Waals surface area contributed by atoms with Gasteiger partial charge in [0.2, 0.25) is 0 Å². The Hall–Kier alpha value is -3.59. The van der Waals surface area contributed by atoms with Crippen molar-refractivity contribution in [2.24, 2.45) is 0 Å². The smallest absolute Gasteiger partial charge is 0.357 e. The second-order valence-electron chi connectivity index (χ2n) is 5.83. The molecule has 4 aromatic rings. The van der Waals surface area contributed by atoms with Crippen LogP contribution in [0, 0.1) is 6.92 Å². The molecule has 0 amide bonds. The third kappa shape index (κ3) is 3.89. The lowest BCUT2D eigenvalue weighted by molar-refractivity contribution is -0.138. The Morgan fingerprint density at radius 3 is 2.82 bits per heavy atom. The Morgan fingerprint density at radius 2 is 2.11 bits per heavy atom. The number of aromatic nitrogens is 5. The van der Waals surface area contributed by atoms with Crippen LogP contribution >= 0.6 is 11.3 Å². The third-order valence-corrected chi connectivity index (χ3v) is 4.61. The second-order valence-corrected chi connectivity index (χ2v) is 6.81. The van der Waals surface area contributed by atoms with Crippen LogP contribution in [0.4, 0.5) is 0 Å². The third-order valence-electron chi connectivity index (χ3n) is 3.79. The van der Waals surface area contributed by atoms with E-state index in [1.807, 2.05) is 47.8 Å². The highest BCUT2D eigenvalue weighted by atomic mass is 32.1. The summed E-state index contributed by atoms with van der Waals surface area (Å²) in [6, 6.07) is 14.9. The van der Waals surface area contributed by atoms with Crippen LogP contribution in [-0.4, -0.2) is 31.3 Å². The Bertz CT molecular complexity index is 1100. The summed E-state index contributed by atoms with van der Waals surface area (Å²) in [5.41, 5.74) is 1.51. The van der Waals surface area contributed by atoms with E-state index in [0.717, 1.165) is 10.4 Å². The number of thiophene rings is 1. The standard InChI is InChI=1S/C19H15N5O3S/c1-13-10-15(21-27-13)12-26-19(25)17(11-16-8-5-9-28-16)24-18(20-22-23-24)14-6-3-2-4-7-14/h2-11H,12H2,1H3/b17-11-. The molecular weight excluding hydrogens is 378 g/mol. The van der Waals surface area contributed by atoms with Crippen molar-refractivity contribution in [2.75, 3.05) is 0 Å². The van der Waals surface area contributed by atoms with E-state index in [9.17, 15) is 4.79 Å². The van der Waals surface area contributed by atoms with Crippen LogP contribution in [0.3, 0.4) is 0 Å². The maximum atomic E-state index is 12.9. The number of benzene rings is 1. The predicted octanol–water partition coefficient (Wildman–Crippen LogP) is 3.44. The summed E-state index contributed by atoms with van der Waals surface area (Å²) >= 11 is 1.49. The molecule has 0 aliphatic heterocycles. The van der Waals surface area contributed by atoms with Crippen molar-refractivity contribution in [1.29, 1.82) is 0 Å². The molecule has 1 aromatic carbocycles. The molecule has 8 nitrogen and oxygen atoms in total. The Labute approximate surface area is 164 Å². The number of carbonyl (C=O) groups excluding carboxylic acids is 1. The van der Waals surface area contributed by atoms with Crippen molar-refractivity contribution in [3.8, 4) is 11.4 Å². The molecule has 0 atom stereocenters. The Balaban J connectivity index is 1.67. The number of ether oxygens (including phenoxy) is 1. The molecule has 0 N–H and O–H groups in total. The molecule has 9 heteroatoms. The highest BCUT2D eigenvalue weighted by molar-refractivity contribution is 7.10. The molecule has 28 heavy (non-hydrogen) atoms. The minimum Gasteiger partial charge on any atom is -0.454 e. The highest BCUT2D eigenvalue weighted by Gasteiger charge is 2.21. The summed E-state index contributed by atoms with van der Waals surface area (Å²) in [5, 5.41) is 17.6. The zero-order valence-electron chi connectivity index (χ0n) is 14.8. The van der Waals surface area contributed by atoms with Crippen molar-refractivity contribution in [3.63, 3.8) is 0 Å². The number of tetrazole rings is 1. The van der Waals surface area contributed by atoms with Gasteiger partial charge in [-0.2, -0.15) is 4.68 Å². The quantitative estimate of drug-likeness (QED) is 0.366. The van der Waals surface area contributed by atoms with Gasteiger partial charge in [-0.25, -0.2) is 4.79 Å². The van der Waals surface area contributed by atoms with Gasteiger partial charge in [-0.3, -0.25) is 0 Å². The van der Waals surface area contributed by atoms with Crippen molar-refractivity contribution in [1.82, 2.24) is 25.4 Å². The predicted molar refractivity (Wildman–Crippen MR) is 103 cm³/mol. The van der Waals surface area contributed by atoms with E-state index >= 15 is 0 Å². The molecule has 0 saturated carbocycles. The summed E-state index contributed by atoms with van der Waals surface area (Å²) < 4.78 is 11.8. The molecule has 3 aromatic heterocycles. The monoisotopic (exact) mass is 393 g/mol. The molecule has 0 radical (unpaired) electrons. The van der Waals surface area contributed by atoms with Gasteiger partial charge >= 0.3 is 5.97 Å². The minimum absolute atomic E-state index is 0.0131. The van der Waals surface area contributed by atoms with E-state index in [4.69, 9.17) is 9.26 Å².